The molecule has 2 unspecified atom stereocenters. The highest BCUT2D eigenvalue weighted by Gasteiger charge is 2.33. The summed E-state index contributed by atoms with van der Waals surface area (Å²) < 4.78 is 26.7. The van der Waals surface area contributed by atoms with Crippen LogP contribution in [0.2, 0.25) is 0 Å². The van der Waals surface area contributed by atoms with Gasteiger partial charge in [-0.3, -0.25) is 0 Å². The predicted molar refractivity (Wildman–Crippen MR) is 74.5 cm³/mol. The van der Waals surface area contributed by atoms with E-state index in [0.29, 0.717) is 17.9 Å². The van der Waals surface area contributed by atoms with Gasteiger partial charge in [0.1, 0.15) is 0 Å². The van der Waals surface area contributed by atoms with Gasteiger partial charge in [0.25, 0.3) is 0 Å². The van der Waals surface area contributed by atoms with E-state index < -0.39 is 16.1 Å². The minimum atomic E-state index is -3.50. The number of rotatable bonds is 2. The van der Waals surface area contributed by atoms with E-state index in [-0.39, 0.29) is 12.5 Å². The van der Waals surface area contributed by atoms with Crippen molar-refractivity contribution in [2.75, 3.05) is 13.1 Å². The fraction of sp³-hybridized carbons (Fsp3) is 0.571. The zero-order valence-corrected chi connectivity index (χ0v) is 12.4. The highest BCUT2D eigenvalue weighted by atomic mass is 32.2. The molecule has 1 N–H and O–H groups in total. The van der Waals surface area contributed by atoms with Gasteiger partial charge in [-0.2, -0.15) is 4.31 Å². The third kappa shape index (κ3) is 2.83. The zero-order chi connectivity index (χ0) is 14.2. The number of hydrogen-bond donors (Lipinski definition) is 1. The minimum Gasteiger partial charge on any atom is -0.391 e. The molecular weight excluding hydrogens is 262 g/mol. The smallest absolute Gasteiger partial charge is 0.243 e. The van der Waals surface area contributed by atoms with E-state index in [1.165, 1.54) is 4.31 Å². The second-order valence-electron chi connectivity index (χ2n) is 5.47. The second kappa shape index (κ2) is 5.23. The highest BCUT2D eigenvalue weighted by Crippen LogP contribution is 2.26. The number of benzene rings is 1. The standard InChI is InChI=1S/C14H21NO3S/c1-10-4-5-12(3)14(8-10)19(17,18)15-7-6-11(2)13(16)9-15/h4-5,8,11,13,16H,6-7,9H2,1-3H3. The van der Waals surface area contributed by atoms with Crippen LogP contribution in [0.5, 0.6) is 0 Å². The van der Waals surface area contributed by atoms with Crippen LogP contribution in [-0.2, 0) is 10.0 Å². The largest absolute Gasteiger partial charge is 0.391 e. The first-order valence-corrected chi connectivity index (χ1v) is 8.02. The first-order chi connectivity index (χ1) is 8.82. The molecule has 2 rings (SSSR count). The SMILES string of the molecule is Cc1ccc(C)c(S(=O)(=O)N2CCC(C)C(O)C2)c1. The lowest BCUT2D eigenvalue weighted by Gasteiger charge is -2.33. The third-order valence-electron chi connectivity index (χ3n) is 3.84. The third-order valence-corrected chi connectivity index (χ3v) is 5.85. The molecule has 0 aliphatic carbocycles. The molecule has 1 fully saturated rings. The lowest BCUT2D eigenvalue weighted by molar-refractivity contribution is 0.0605. The summed E-state index contributed by atoms with van der Waals surface area (Å²) in [6.07, 6.45) is 0.124. The quantitative estimate of drug-likeness (QED) is 0.898. The van der Waals surface area contributed by atoms with Gasteiger partial charge in [-0.25, -0.2) is 8.42 Å². The van der Waals surface area contributed by atoms with Gasteiger partial charge in [0, 0.05) is 13.1 Å². The number of sulfonamides is 1. The Labute approximate surface area is 115 Å². The van der Waals surface area contributed by atoms with Gasteiger partial charge < -0.3 is 5.11 Å². The van der Waals surface area contributed by atoms with Gasteiger partial charge in [0.2, 0.25) is 10.0 Å². The van der Waals surface area contributed by atoms with Crippen LogP contribution in [0.25, 0.3) is 0 Å². The number of β-amino-alcohol motifs (C(OH)–C–C–N with tert-alkyl or cyclic N) is 1. The maximum absolute atomic E-state index is 12.6. The Kier molecular flexibility index (Phi) is 3.99. The van der Waals surface area contributed by atoms with Crippen LogP contribution in [0.15, 0.2) is 23.1 Å². The molecule has 1 aliphatic heterocycles. The van der Waals surface area contributed by atoms with Crippen LogP contribution in [0, 0.1) is 19.8 Å². The van der Waals surface area contributed by atoms with Crippen molar-refractivity contribution in [2.45, 2.75) is 38.2 Å². The summed E-state index contributed by atoms with van der Waals surface area (Å²) in [5.74, 6) is 0.157. The van der Waals surface area contributed by atoms with Gasteiger partial charge in [-0.05, 0) is 43.4 Å². The maximum atomic E-state index is 12.6. The zero-order valence-electron chi connectivity index (χ0n) is 11.6. The fourth-order valence-electron chi connectivity index (χ4n) is 2.36. The number of aryl methyl sites for hydroxylation is 2. The molecule has 0 spiro atoms. The summed E-state index contributed by atoms with van der Waals surface area (Å²) in [4.78, 5) is 0.356. The molecule has 0 amide bonds. The van der Waals surface area contributed by atoms with Crippen LogP contribution in [0.4, 0.5) is 0 Å². The molecule has 5 heteroatoms. The Morgan fingerprint density at radius 2 is 2.00 bits per heavy atom. The van der Waals surface area contributed by atoms with Crippen molar-refractivity contribution in [3.8, 4) is 0 Å². The van der Waals surface area contributed by atoms with E-state index in [9.17, 15) is 13.5 Å². The van der Waals surface area contributed by atoms with E-state index in [1.807, 2.05) is 26.0 Å². The van der Waals surface area contributed by atoms with E-state index in [2.05, 4.69) is 0 Å². The van der Waals surface area contributed by atoms with Crippen molar-refractivity contribution in [2.24, 2.45) is 5.92 Å². The molecule has 1 aliphatic rings. The number of aliphatic hydroxyl groups excluding tert-OH is 1. The van der Waals surface area contributed by atoms with Crippen LogP contribution in [0.3, 0.4) is 0 Å². The lowest BCUT2D eigenvalue weighted by atomic mass is 9.98. The molecule has 0 saturated carbocycles. The summed E-state index contributed by atoms with van der Waals surface area (Å²) in [6, 6.07) is 5.43. The Morgan fingerprint density at radius 3 is 2.63 bits per heavy atom. The van der Waals surface area contributed by atoms with Gasteiger partial charge in [-0.15, -0.1) is 0 Å². The van der Waals surface area contributed by atoms with Gasteiger partial charge in [0.05, 0.1) is 11.0 Å². The summed E-state index contributed by atoms with van der Waals surface area (Å²) in [6.45, 7) is 6.30. The number of hydrogen-bond acceptors (Lipinski definition) is 3. The monoisotopic (exact) mass is 283 g/mol. The van der Waals surface area contributed by atoms with Crippen molar-refractivity contribution < 1.29 is 13.5 Å². The van der Waals surface area contributed by atoms with Crippen LogP contribution >= 0.6 is 0 Å². The molecule has 106 valence electrons. The average molecular weight is 283 g/mol. The summed E-state index contributed by atoms with van der Waals surface area (Å²) in [5, 5.41) is 9.88. The molecular formula is C14H21NO3S. The first kappa shape index (κ1) is 14.5. The molecule has 1 aromatic rings. The maximum Gasteiger partial charge on any atom is 0.243 e. The van der Waals surface area contributed by atoms with Crippen LogP contribution in [-0.4, -0.2) is 37.0 Å². The minimum absolute atomic E-state index is 0.157. The molecule has 19 heavy (non-hydrogen) atoms. The van der Waals surface area contributed by atoms with Crippen LogP contribution < -0.4 is 0 Å². The molecule has 1 aromatic carbocycles. The van der Waals surface area contributed by atoms with E-state index >= 15 is 0 Å². The molecule has 1 saturated heterocycles. The van der Waals surface area contributed by atoms with E-state index in [1.54, 1.807) is 13.0 Å². The summed E-state index contributed by atoms with van der Waals surface area (Å²) >= 11 is 0. The normalized spacial score (nSPS) is 25.5. The Balaban J connectivity index is 2.35. The van der Waals surface area contributed by atoms with Crippen molar-refractivity contribution >= 4 is 10.0 Å². The van der Waals surface area contributed by atoms with Gasteiger partial charge in [0.15, 0.2) is 0 Å². The number of aliphatic hydroxyl groups is 1. The molecule has 0 bridgehead atoms. The first-order valence-electron chi connectivity index (χ1n) is 6.58. The molecule has 4 nitrogen and oxygen atoms in total. The molecule has 0 radical (unpaired) electrons. The molecule has 2 atom stereocenters. The van der Waals surface area contributed by atoms with E-state index in [4.69, 9.17) is 0 Å². The summed E-state index contributed by atoms with van der Waals surface area (Å²) in [5.41, 5.74) is 1.67. The highest BCUT2D eigenvalue weighted by molar-refractivity contribution is 7.89. The van der Waals surface area contributed by atoms with Crippen molar-refractivity contribution in [1.82, 2.24) is 4.31 Å². The Hall–Kier alpha value is -0.910. The van der Waals surface area contributed by atoms with Gasteiger partial charge >= 0.3 is 0 Å². The Morgan fingerprint density at radius 1 is 1.32 bits per heavy atom. The van der Waals surface area contributed by atoms with E-state index in [0.717, 1.165) is 11.1 Å². The van der Waals surface area contributed by atoms with Crippen molar-refractivity contribution in [3.63, 3.8) is 0 Å². The van der Waals surface area contributed by atoms with Crippen LogP contribution in [0.1, 0.15) is 24.5 Å². The second-order valence-corrected chi connectivity index (χ2v) is 7.37. The number of nitrogens with zero attached hydrogens (tertiary/aromatic N) is 1. The van der Waals surface area contributed by atoms with Crippen molar-refractivity contribution in [3.05, 3.63) is 29.3 Å². The molecule has 0 aromatic heterocycles. The fourth-order valence-corrected chi connectivity index (χ4v) is 4.15. The predicted octanol–water partition coefficient (Wildman–Crippen LogP) is 1.69. The summed E-state index contributed by atoms with van der Waals surface area (Å²) in [7, 11) is -3.50. The molecule has 1 heterocycles. The van der Waals surface area contributed by atoms with Gasteiger partial charge in [-0.1, -0.05) is 19.1 Å². The van der Waals surface area contributed by atoms with Crippen molar-refractivity contribution in [1.29, 1.82) is 0 Å². The lowest BCUT2D eigenvalue weighted by Crippen LogP contribution is -2.45. The number of piperidine rings is 1. The Bertz CT molecular complexity index is 568. The topological polar surface area (TPSA) is 57.6 Å². The average Bonchev–Trinajstić information content (AvgIpc) is 2.35.